The minimum Gasteiger partial charge on any atom is -0.311 e. The highest BCUT2D eigenvalue weighted by Crippen LogP contribution is 2.36. The van der Waals surface area contributed by atoms with Gasteiger partial charge in [0.05, 0.1) is 0 Å². The minimum atomic E-state index is 0.693. The van der Waals surface area contributed by atoms with Crippen molar-refractivity contribution in [2.45, 2.75) is 76.8 Å². The largest absolute Gasteiger partial charge is 0.311 e. The maximum absolute atomic E-state index is 3.79. The van der Waals surface area contributed by atoms with Gasteiger partial charge in [0.25, 0.3) is 0 Å². The lowest BCUT2D eigenvalue weighted by molar-refractivity contribution is 0.263. The second-order valence-electron chi connectivity index (χ2n) is 6.19. The molecule has 1 unspecified atom stereocenters. The van der Waals surface area contributed by atoms with Crippen LogP contribution >= 0.6 is 0 Å². The van der Waals surface area contributed by atoms with Crippen molar-refractivity contribution < 1.29 is 0 Å². The van der Waals surface area contributed by atoms with E-state index in [2.05, 4.69) is 49.5 Å². The summed E-state index contributed by atoms with van der Waals surface area (Å²) in [5.74, 6) is 0.797. The molecule has 106 valence electrons. The minimum absolute atomic E-state index is 0.693. The Morgan fingerprint density at radius 1 is 1.11 bits per heavy atom. The van der Waals surface area contributed by atoms with Gasteiger partial charge in [-0.05, 0) is 37.7 Å². The van der Waals surface area contributed by atoms with Gasteiger partial charge in [-0.1, -0.05) is 62.9 Å². The quantitative estimate of drug-likeness (QED) is 0.656. The zero-order chi connectivity index (χ0) is 13.5. The molecule has 0 saturated heterocycles. The average Bonchev–Trinajstić information content (AvgIpc) is 2.39. The van der Waals surface area contributed by atoms with Crippen molar-refractivity contribution in [1.29, 1.82) is 0 Å². The van der Waals surface area contributed by atoms with E-state index in [0.717, 1.165) is 12.0 Å². The third kappa shape index (κ3) is 4.65. The van der Waals surface area contributed by atoms with Gasteiger partial charge in [0.2, 0.25) is 0 Å². The van der Waals surface area contributed by atoms with Crippen LogP contribution in [0.2, 0.25) is 0 Å². The van der Waals surface area contributed by atoms with Crippen LogP contribution in [0, 0.1) is 0 Å². The van der Waals surface area contributed by atoms with Crippen LogP contribution in [0.4, 0.5) is 0 Å². The average molecular weight is 259 g/mol. The molecule has 2 rings (SSSR count). The fraction of sp³-hybridized carbons (Fsp3) is 0.667. The Labute approximate surface area is 118 Å². The predicted octanol–water partition coefficient (Wildman–Crippen LogP) is 4.88. The number of hydrogen-bond acceptors (Lipinski definition) is 1. The molecule has 0 bridgehead atoms. The maximum atomic E-state index is 3.79. The molecule has 1 heteroatoms. The molecule has 1 aromatic rings. The summed E-state index contributed by atoms with van der Waals surface area (Å²) in [6.45, 7) is 4.63. The van der Waals surface area contributed by atoms with Crippen LogP contribution in [0.1, 0.15) is 70.3 Å². The Bertz CT molecular complexity index is 340. The molecular formula is C18H29N. The summed E-state index contributed by atoms with van der Waals surface area (Å²) >= 11 is 0. The third-order valence-electron chi connectivity index (χ3n) is 4.42. The van der Waals surface area contributed by atoms with E-state index >= 15 is 0 Å². The molecular weight excluding hydrogens is 230 g/mol. The topological polar surface area (TPSA) is 12.0 Å². The summed E-state index contributed by atoms with van der Waals surface area (Å²) in [5, 5.41) is 3.79. The second-order valence-corrected chi connectivity index (χ2v) is 6.19. The van der Waals surface area contributed by atoms with E-state index in [1.165, 1.54) is 50.5 Å². The Morgan fingerprint density at radius 3 is 2.53 bits per heavy atom. The molecule has 19 heavy (non-hydrogen) atoms. The van der Waals surface area contributed by atoms with Crippen molar-refractivity contribution in [2.24, 2.45) is 0 Å². The van der Waals surface area contributed by atoms with Gasteiger partial charge in [-0.2, -0.15) is 0 Å². The molecule has 1 fully saturated rings. The Morgan fingerprint density at radius 2 is 1.84 bits per heavy atom. The molecule has 1 atom stereocenters. The molecule has 0 amide bonds. The van der Waals surface area contributed by atoms with E-state index in [-0.39, 0.29) is 0 Å². The summed E-state index contributed by atoms with van der Waals surface area (Å²) in [6.07, 6.45) is 9.51. The van der Waals surface area contributed by atoms with Crippen LogP contribution in [0.5, 0.6) is 0 Å². The van der Waals surface area contributed by atoms with E-state index in [4.69, 9.17) is 0 Å². The normalized spacial score (nSPS) is 23.9. The smallest absolute Gasteiger partial charge is 0.00812 e. The molecule has 1 aromatic carbocycles. The predicted molar refractivity (Wildman–Crippen MR) is 83.6 cm³/mol. The van der Waals surface area contributed by atoms with Gasteiger partial charge in [0.15, 0.2) is 0 Å². The lowest BCUT2D eigenvalue weighted by Crippen LogP contribution is -2.44. The Kier molecular flexibility index (Phi) is 5.91. The molecule has 1 N–H and O–H groups in total. The molecule has 0 aromatic heterocycles. The molecule has 1 aliphatic rings. The first-order chi connectivity index (χ1) is 9.29. The summed E-state index contributed by atoms with van der Waals surface area (Å²) in [5.41, 5.74) is 1.52. The monoisotopic (exact) mass is 259 g/mol. The van der Waals surface area contributed by atoms with E-state index in [9.17, 15) is 0 Å². The number of rotatable bonds is 8. The second kappa shape index (κ2) is 7.69. The van der Waals surface area contributed by atoms with Crippen molar-refractivity contribution in [1.82, 2.24) is 5.32 Å². The van der Waals surface area contributed by atoms with Gasteiger partial charge in [-0.3, -0.25) is 0 Å². The maximum Gasteiger partial charge on any atom is 0.00812 e. The van der Waals surface area contributed by atoms with Crippen molar-refractivity contribution in [2.75, 3.05) is 0 Å². The van der Waals surface area contributed by atoms with Gasteiger partial charge in [0.1, 0.15) is 0 Å². The van der Waals surface area contributed by atoms with E-state index in [1.807, 2.05) is 0 Å². The molecule has 1 saturated carbocycles. The van der Waals surface area contributed by atoms with E-state index in [1.54, 1.807) is 0 Å². The Balaban J connectivity index is 1.59. The summed E-state index contributed by atoms with van der Waals surface area (Å²) in [7, 11) is 0. The lowest BCUT2D eigenvalue weighted by atomic mass is 9.75. The first kappa shape index (κ1) is 14.6. The standard InChI is InChI=1S/C18H29N/c1-3-4-5-7-10-15(2)19-18-13-17(14-18)16-11-8-6-9-12-16/h6,8-9,11-12,15,17-19H,3-5,7,10,13-14H2,1-2H3. The zero-order valence-corrected chi connectivity index (χ0v) is 12.6. The van der Waals surface area contributed by atoms with Gasteiger partial charge in [-0.15, -0.1) is 0 Å². The van der Waals surface area contributed by atoms with Gasteiger partial charge in [0, 0.05) is 12.1 Å². The van der Waals surface area contributed by atoms with Crippen LogP contribution in [0.3, 0.4) is 0 Å². The fourth-order valence-electron chi connectivity index (χ4n) is 3.11. The highest BCUT2D eigenvalue weighted by molar-refractivity contribution is 5.22. The Hall–Kier alpha value is -0.820. The fourth-order valence-corrected chi connectivity index (χ4v) is 3.11. The molecule has 0 spiro atoms. The molecule has 0 radical (unpaired) electrons. The first-order valence-corrected chi connectivity index (χ1v) is 8.10. The van der Waals surface area contributed by atoms with Crippen LogP contribution in [0.25, 0.3) is 0 Å². The highest BCUT2D eigenvalue weighted by Gasteiger charge is 2.30. The molecule has 0 aliphatic heterocycles. The van der Waals surface area contributed by atoms with Crippen molar-refractivity contribution in [3.8, 4) is 0 Å². The number of benzene rings is 1. The SMILES string of the molecule is CCCCCCC(C)NC1CC(c2ccccc2)C1. The molecule has 1 aliphatic carbocycles. The van der Waals surface area contributed by atoms with Gasteiger partial charge < -0.3 is 5.32 Å². The van der Waals surface area contributed by atoms with Gasteiger partial charge >= 0.3 is 0 Å². The van der Waals surface area contributed by atoms with E-state index in [0.29, 0.717) is 6.04 Å². The van der Waals surface area contributed by atoms with E-state index < -0.39 is 0 Å². The zero-order valence-electron chi connectivity index (χ0n) is 12.6. The first-order valence-electron chi connectivity index (χ1n) is 8.10. The molecule has 0 heterocycles. The third-order valence-corrected chi connectivity index (χ3v) is 4.42. The van der Waals surface area contributed by atoms with Crippen molar-refractivity contribution in [3.63, 3.8) is 0 Å². The summed E-state index contributed by atoms with van der Waals surface area (Å²) < 4.78 is 0. The van der Waals surface area contributed by atoms with Crippen molar-refractivity contribution >= 4 is 0 Å². The summed E-state index contributed by atoms with van der Waals surface area (Å²) in [6, 6.07) is 12.4. The summed E-state index contributed by atoms with van der Waals surface area (Å²) in [4.78, 5) is 0. The molecule has 1 nitrogen and oxygen atoms in total. The van der Waals surface area contributed by atoms with Crippen LogP contribution in [-0.2, 0) is 0 Å². The number of nitrogens with one attached hydrogen (secondary N) is 1. The van der Waals surface area contributed by atoms with Crippen LogP contribution in [-0.4, -0.2) is 12.1 Å². The highest BCUT2D eigenvalue weighted by atomic mass is 15.0. The van der Waals surface area contributed by atoms with Gasteiger partial charge in [-0.25, -0.2) is 0 Å². The number of unbranched alkanes of at least 4 members (excludes halogenated alkanes) is 3. The van der Waals surface area contributed by atoms with Crippen molar-refractivity contribution in [3.05, 3.63) is 35.9 Å². The number of hydrogen-bond donors (Lipinski definition) is 1. The lowest BCUT2D eigenvalue weighted by Gasteiger charge is -2.38. The van der Waals surface area contributed by atoms with Crippen LogP contribution in [0.15, 0.2) is 30.3 Å². The van der Waals surface area contributed by atoms with Crippen LogP contribution < -0.4 is 5.32 Å².